The number of nitrogens with one attached hydrogen (secondary N) is 1. The van der Waals surface area contributed by atoms with Crippen LogP contribution in [0, 0.1) is 5.82 Å². The molecular formula is C16H17BrFNO. The highest BCUT2D eigenvalue weighted by atomic mass is 79.9. The average Bonchev–Trinajstić information content (AvgIpc) is 2.41. The molecule has 0 unspecified atom stereocenters. The van der Waals surface area contributed by atoms with Gasteiger partial charge in [-0.15, -0.1) is 0 Å². The molecule has 0 radical (unpaired) electrons. The molecule has 2 nitrogen and oxygen atoms in total. The summed E-state index contributed by atoms with van der Waals surface area (Å²) in [4.78, 5) is 0. The van der Waals surface area contributed by atoms with Gasteiger partial charge in [0.1, 0.15) is 11.6 Å². The third kappa shape index (κ3) is 3.97. The Morgan fingerprint density at radius 3 is 2.65 bits per heavy atom. The van der Waals surface area contributed by atoms with E-state index in [2.05, 4.69) is 21.2 Å². The van der Waals surface area contributed by atoms with E-state index in [1.54, 1.807) is 6.07 Å². The van der Waals surface area contributed by atoms with Crippen LogP contribution in [0.4, 0.5) is 10.1 Å². The minimum atomic E-state index is -0.254. The van der Waals surface area contributed by atoms with Crippen LogP contribution in [0.15, 0.2) is 46.9 Å². The first-order valence-electron chi connectivity index (χ1n) is 6.49. The largest absolute Gasteiger partial charge is 0.489 e. The minimum absolute atomic E-state index is 0.114. The number of rotatable bonds is 5. The molecule has 0 aliphatic carbocycles. The molecule has 0 spiro atoms. The Morgan fingerprint density at radius 1 is 1.20 bits per heavy atom. The van der Waals surface area contributed by atoms with Crippen molar-refractivity contribution in [2.45, 2.75) is 26.5 Å². The number of hydrogen-bond donors (Lipinski definition) is 1. The first-order valence-corrected chi connectivity index (χ1v) is 7.29. The quantitative estimate of drug-likeness (QED) is 0.829. The predicted molar refractivity (Wildman–Crippen MR) is 83.6 cm³/mol. The molecule has 0 aliphatic heterocycles. The van der Waals surface area contributed by atoms with E-state index < -0.39 is 0 Å². The van der Waals surface area contributed by atoms with E-state index in [1.807, 2.05) is 44.2 Å². The molecule has 0 saturated carbocycles. The molecule has 0 aromatic heterocycles. The minimum Gasteiger partial charge on any atom is -0.489 e. The molecule has 106 valence electrons. The fourth-order valence-electron chi connectivity index (χ4n) is 1.82. The highest BCUT2D eigenvalue weighted by molar-refractivity contribution is 9.10. The van der Waals surface area contributed by atoms with Gasteiger partial charge in [-0.25, -0.2) is 4.39 Å². The predicted octanol–water partition coefficient (Wildman–Crippen LogP) is 4.99. The number of hydrogen-bond acceptors (Lipinski definition) is 2. The lowest BCUT2D eigenvalue weighted by Gasteiger charge is -2.15. The summed E-state index contributed by atoms with van der Waals surface area (Å²) >= 11 is 3.15. The second-order valence-electron chi connectivity index (χ2n) is 4.76. The Morgan fingerprint density at radius 2 is 1.95 bits per heavy atom. The van der Waals surface area contributed by atoms with Crippen molar-refractivity contribution in [3.8, 4) is 5.75 Å². The maximum Gasteiger partial charge on any atom is 0.142 e. The molecule has 0 saturated heterocycles. The molecule has 2 aromatic rings. The van der Waals surface area contributed by atoms with Crippen LogP contribution in [-0.4, -0.2) is 6.10 Å². The number of halogens is 2. The summed E-state index contributed by atoms with van der Waals surface area (Å²) in [5.74, 6) is 0.552. The van der Waals surface area contributed by atoms with Gasteiger partial charge >= 0.3 is 0 Å². The van der Waals surface area contributed by atoms with Crippen LogP contribution in [0.1, 0.15) is 19.4 Å². The number of para-hydroxylation sites is 2. The first-order chi connectivity index (χ1) is 9.56. The molecule has 0 fully saturated rings. The zero-order valence-corrected chi connectivity index (χ0v) is 13.1. The Labute approximate surface area is 127 Å². The second-order valence-corrected chi connectivity index (χ2v) is 5.62. The molecule has 4 heteroatoms. The standard InChI is InChI=1S/C16H17BrFNO/c1-11(2)20-16-6-4-3-5-15(16)19-10-12-7-8-13(17)14(18)9-12/h3-9,11,19H,10H2,1-2H3. The molecular weight excluding hydrogens is 321 g/mol. The van der Waals surface area contributed by atoms with Gasteiger partial charge in [0, 0.05) is 6.54 Å². The van der Waals surface area contributed by atoms with Gasteiger partial charge in [-0.1, -0.05) is 18.2 Å². The Balaban J connectivity index is 2.08. The summed E-state index contributed by atoms with van der Waals surface area (Å²) in [6.07, 6.45) is 0.114. The van der Waals surface area contributed by atoms with Crippen LogP contribution in [0.25, 0.3) is 0 Å². The van der Waals surface area contributed by atoms with Gasteiger partial charge in [0.25, 0.3) is 0 Å². The van der Waals surface area contributed by atoms with E-state index in [1.165, 1.54) is 6.07 Å². The molecule has 20 heavy (non-hydrogen) atoms. The lowest BCUT2D eigenvalue weighted by Crippen LogP contribution is -2.08. The molecule has 0 bridgehead atoms. The van der Waals surface area contributed by atoms with Gasteiger partial charge in [-0.3, -0.25) is 0 Å². The third-order valence-corrected chi connectivity index (χ3v) is 3.36. The van der Waals surface area contributed by atoms with Crippen LogP contribution in [0.3, 0.4) is 0 Å². The molecule has 0 amide bonds. The second kappa shape index (κ2) is 6.75. The Bertz CT molecular complexity index is 586. The fourth-order valence-corrected chi connectivity index (χ4v) is 2.06. The van der Waals surface area contributed by atoms with Crippen LogP contribution < -0.4 is 10.1 Å². The van der Waals surface area contributed by atoms with Crippen LogP contribution in [0.5, 0.6) is 5.75 Å². The number of anilines is 1. The molecule has 2 aromatic carbocycles. The monoisotopic (exact) mass is 337 g/mol. The van der Waals surface area contributed by atoms with E-state index in [0.29, 0.717) is 11.0 Å². The van der Waals surface area contributed by atoms with Gasteiger partial charge in [0.05, 0.1) is 16.3 Å². The van der Waals surface area contributed by atoms with Gasteiger partial charge in [-0.2, -0.15) is 0 Å². The molecule has 1 N–H and O–H groups in total. The maximum atomic E-state index is 13.5. The van der Waals surface area contributed by atoms with E-state index in [4.69, 9.17) is 4.74 Å². The van der Waals surface area contributed by atoms with Crippen molar-refractivity contribution in [1.29, 1.82) is 0 Å². The molecule has 2 rings (SSSR count). The Hall–Kier alpha value is -1.55. The average molecular weight is 338 g/mol. The van der Waals surface area contributed by atoms with Gasteiger partial charge < -0.3 is 10.1 Å². The van der Waals surface area contributed by atoms with E-state index in [-0.39, 0.29) is 11.9 Å². The topological polar surface area (TPSA) is 21.3 Å². The third-order valence-electron chi connectivity index (χ3n) is 2.72. The van der Waals surface area contributed by atoms with E-state index in [0.717, 1.165) is 17.0 Å². The van der Waals surface area contributed by atoms with Crippen molar-refractivity contribution in [1.82, 2.24) is 0 Å². The highest BCUT2D eigenvalue weighted by Gasteiger charge is 2.05. The normalized spacial score (nSPS) is 10.7. The van der Waals surface area contributed by atoms with Crippen LogP contribution >= 0.6 is 15.9 Å². The van der Waals surface area contributed by atoms with Crippen molar-refractivity contribution in [3.63, 3.8) is 0 Å². The van der Waals surface area contributed by atoms with E-state index in [9.17, 15) is 4.39 Å². The van der Waals surface area contributed by atoms with Crippen molar-refractivity contribution in [2.24, 2.45) is 0 Å². The highest BCUT2D eigenvalue weighted by Crippen LogP contribution is 2.25. The van der Waals surface area contributed by atoms with Crippen LogP contribution in [-0.2, 0) is 6.54 Å². The summed E-state index contributed by atoms with van der Waals surface area (Å²) in [7, 11) is 0. The number of benzene rings is 2. The SMILES string of the molecule is CC(C)Oc1ccccc1NCc1ccc(Br)c(F)c1. The summed E-state index contributed by atoms with van der Waals surface area (Å²) in [5, 5.41) is 3.27. The molecule has 0 aliphatic rings. The maximum absolute atomic E-state index is 13.5. The zero-order chi connectivity index (χ0) is 14.5. The zero-order valence-electron chi connectivity index (χ0n) is 11.5. The number of ether oxygens (including phenoxy) is 1. The summed E-state index contributed by atoms with van der Waals surface area (Å²) < 4.78 is 19.7. The summed E-state index contributed by atoms with van der Waals surface area (Å²) in [5.41, 5.74) is 1.79. The summed E-state index contributed by atoms with van der Waals surface area (Å²) in [6, 6.07) is 12.9. The lowest BCUT2D eigenvalue weighted by atomic mass is 10.2. The van der Waals surface area contributed by atoms with Crippen molar-refractivity contribution in [2.75, 3.05) is 5.32 Å². The van der Waals surface area contributed by atoms with Crippen molar-refractivity contribution < 1.29 is 9.13 Å². The fraction of sp³-hybridized carbons (Fsp3) is 0.250. The molecule has 0 atom stereocenters. The first kappa shape index (κ1) is 14.9. The Kier molecular flexibility index (Phi) is 5.01. The summed E-state index contributed by atoms with van der Waals surface area (Å²) in [6.45, 7) is 4.52. The lowest BCUT2D eigenvalue weighted by molar-refractivity contribution is 0.243. The van der Waals surface area contributed by atoms with Gasteiger partial charge in [0.15, 0.2) is 0 Å². The van der Waals surface area contributed by atoms with E-state index >= 15 is 0 Å². The molecule has 0 heterocycles. The van der Waals surface area contributed by atoms with Gasteiger partial charge in [0.2, 0.25) is 0 Å². The van der Waals surface area contributed by atoms with Crippen molar-refractivity contribution in [3.05, 3.63) is 58.3 Å². The van der Waals surface area contributed by atoms with Crippen LogP contribution in [0.2, 0.25) is 0 Å². The van der Waals surface area contributed by atoms with Gasteiger partial charge in [-0.05, 0) is 59.6 Å². The van der Waals surface area contributed by atoms with Crippen molar-refractivity contribution >= 4 is 21.6 Å². The smallest absolute Gasteiger partial charge is 0.142 e.